The molecular formula is C47H35N. The van der Waals surface area contributed by atoms with E-state index in [1.54, 1.807) is 0 Å². The third-order valence-corrected chi connectivity index (χ3v) is 10.2. The molecule has 1 aliphatic rings. The average molecular weight is 614 g/mol. The molecule has 0 bridgehead atoms. The Hall–Kier alpha value is -5.92. The third kappa shape index (κ3) is 4.54. The van der Waals surface area contributed by atoms with Crippen LogP contribution in [0.25, 0.3) is 54.9 Å². The topological polar surface area (TPSA) is 3.24 Å². The van der Waals surface area contributed by atoms with Gasteiger partial charge in [-0.05, 0) is 97.1 Å². The molecule has 0 heterocycles. The maximum atomic E-state index is 2.46. The van der Waals surface area contributed by atoms with Gasteiger partial charge in [-0.2, -0.15) is 0 Å². The largest absolute Gasteiger partial charge is 0.310 e. The van der Waals surface area contributed by atoms with Gasteiger partial charge in [0.2, 0.25) is 0 Å². The van der Waals surface area contributed by atoms with Crippen LogP contribution in [0.5, 0.6) is 0 Å². The summed E-state index contributed by atoms with van der Waals surface area (Å²) in [6, 6.07) is 64.4. The summed E-state index contributed by atoms with van der Waals surface area (Å²) in [6.07, 6.45) is 0. The zero-order valence-corrected chi connectivity index (χ0v) is 27.2. The van der Waals surface area contributed by atoms with Crippen LogP contribution in [-0.4, -0.2) is 0 Å². The molecule has 0 N–H and O–H groups in total. The van der Waals surface area contributed by atoms with Gasteiger partial charge in [0, 0.05) is 22.2 Å². The first-order valence-corrected chi connectivity index (χ1v) is 16.8. The van der Waals surface area contributed by atoms with Gasteiger partial charge < -0.3 is 4.90 Å². The first kappa shape index (κ1) is 28.3. The normalized spacial score (nSPS) is 13.0. The van der Waals surface area contributed by atoms with Crippen molar-refractivity contribution in [3.8, 4) is 33.4 Å². The first-order chi connectivity index (χ1) is 23.6. The number of fused-ring (bicyclic) bond motifs is 6. The molecule has 0 atom stereocenters. The molecule has 0 radical (unpaired) electrons. The Bertz CT molecular complexity index is 2460. The van der Waals surface area contributed by atoms with E-state index in [2.05, 4.69) is 195 Å². The number of anilines is 3. The number of hydrogen-bond acceptors (Lipinski definition) is 1. The molecule has 48 heavy (non-hydrogen) atoms. The molecule has 0 aromatic heterocycles. The lowest BCUT2D eigenvalue weighted by Crippen LogP contribution is -2.16. The molecule has 0 amide bonds. The van der Waals surface area contributed by atoms with Crippen LogP contribution in [0.4, 0.5) is 17.1 Å². The van der Waals surface area contributed by atoms with Gasteiger partial charge in [-0.1, -0.05) is 153 Å². The predicted octanol–water partition coefficient (Wildman–Crippen LogP) is 13.1. The first-order valence-electron chi connectivity index (χ1n) is 16.8. The molecule has 228 valence electrons. The van der Waals surface area contributed by atoms with Gasteiger partial charge in [0.25, 0.3) is 0 Å². The second kappa shape index (κ2) is 11.1. The molecular weight excluding hydrogens is 579 g/mol. The molecule has 0 unspecified atom stereocenters. The second-order valence-electron chi connectivity index (χ2n) is 13.4. The molecule has 0 fully saturated rings. The fourth-order valence-corrected chi connectivity index (χ4v) is 7.79. The SMILES string of the molecule is CC1(C)c2ccccc2-c2ccc(N(c3ccc(-c4ccccc4)cc3)c3cccc4ccc5cc(-c6ccccc6)ccc5c34)cc21. The van der Waals surface area contributed by atoms with Crippen LogP contribution in [0, 0.1) is 0 Å². The smallest absolute Gasteiger partial charge is 0.0546 e. The number of rotatable bonds is 5. The highest BCUT2D eigenvalue weighted by atomic mass is 15.1. The van der Waals surface area contributed by atoms with Gasteiger partial charge in [-0.3, -0.25) is 0 Å². The fourth-order valence-electron chi connectivity index (χ4n) is 7.79. The van der Waals surface area contributed by atoms with Gasteiger partial charge in [-0.15, -0.1) is 0 Å². The van der Waals surface area contributed by atoms with Gasteiger partial charge >= 0.3 is 0 Å². The summed E-state index contributed by atoms with van der Waals surface area (Å²) < 4.78 is 0. The van der Waals surface area contributed by atoms with Gasteiger partial charge in [0.15, 0.2) is 0 Å². The molecule has 1 heteroatoms. The molecule has 1 aliphatic carbocycles. The minimum atomic E-state index is -0.0932. The summed E-state index contributed by atoms with van der Waals surface area (Å²) in [6.45, 7) is 4.71. The quantitative estimate of drug-likeness (QED) is 0.175. The van der Waals surface area contributed by atoms with E-state index in [9.17, 15) is 0 Å². The summed E-state index contributed by atoms with van der Waals surface area (Å²) in [7, 11) is 0. The average Bonchev–Trinajstić information content (AvgIpc) is 3.38. The van der Waals surface area contributed by atoms with Crippen molar-refractivity contribution in [2.75, 3.05) is 4.90 Å². The van der Waals surface area contributed by atoms with Crippen LogP contribution in [-0.2, 0) is 5.41 Å². The molecule has 1 nitrogen and oxygen atoms in total. The Morgan fingerprint density at radius 3 is 1.77 bits per heavy atom. The molecule has 0 spiro atoms. The van der Waals surface area contributed by atoms with Crippen LogP contribution in [0.3, 0.4) is 0 Å². The van der Waals surface area contributed by atoms with E-state index in [1.165, 1.54) is 71.7 Å². The van der Waals surface area contributed by atoms with Gasteiger partial charge in [0.05, 0.1) is 5.69 Å². The number of hydrogen-bond donors (Lipinski definition) is 0. The Kier molecular flexibility index (Phi) is 6.55. The van der Waals surface area contributed by atoms with Crippen LogP contribution < -0.4 is 4.90 Å². The highest BCUT2D eigenvalue weighted by Gasteiger charge is 2.35. The van der Waals surface area contributed by atoms with Crippen molar-refractivity contribution < 1.29 is 0 Å². The lowest BCUT2D eigenvalue weighted by atomic mass is 9.82. The summed E-state index contributed by atoms with van der Waals surface area (Å²) >= 11 is 0. The molecule has 0 aliphatic heterocycles. The maximum absolute atomic E-state index is 2.46. The van der Waals surface area contributed by atoms with E-state index in [0.717, 1.165) is 11.4 Å². The van der Waals surface area contributed by atoms with Gasteiger partial charge in [0.1, 0.15) is 0 Å². The van der Waals surface area contributed by atoms with E-state index in [-0.39, 0.29) is 5.41 Å². The van der Waals surface area contributed by atoms with Crippen LogP contribution in [0.15, 0.2) is 176 Å². The Labute approximate surface area is 282 Å². The standard InChI is InChI=1S/C47H35N/c1-47(2)43-18-10-9-17-41(43)42-29-27-39(31-44(42)47)48(38-25-22-34(23-26-38)32-12-5-3-6-13-32)45-19-11-16-35-20-21-37-30-36(24-28-40(37)46(35)45)33-14-7-4-8-15-33/h3-31H,1-2H3. The highest BCUT2D eigenvalue weighted by molar-refractivity contribution is 6.15. The van der Waals surface area contributed by atoms with Crippen molar-refractivity contribution in [3.63, 3.8) is 0 Å². The summed E-state index contributed by atoms with van der Waals surface area (Å²) in [5, 5.41) is 4.97. The lowest BCUT2D eigenvalue weighted by molar-refractivity contribution is 0.660. The molecule has 0 saturated heterocycles. The van der Waals surface area contributed by atoms with Crippen molar-refractivity contribution >= 4 is 38.6 Å². The highest BCUT2D eigenvalue weighted by Crippen LogP contribution is 2.51. The number of nitrogens with zero attached hydrogens (tertiary/aromatic N) is 1. The van der Waals surface area contributed by atoms with E-state index < -0.39 is 0 Å². The van der Waals surface area contributed by atoms with Crippen molar-refractivity contribution in [1.29, 1.82) is 0 Å². The van der Waals surface area contributed by atoms with Gasteiger partial charge in [-0.25, -0.2) is 0 Å². The minimum absolute atomic E-state index is 0.0932. The molecule has 8 aromatic carbocycles. The Morgan fingerprint density at radius 2 is 1.00 bits per heavy atom. The van der Waals surface area contributed by atoms with E-state index in [1.807, 2.05) is 0 Å². The van der Waals surface area contributed by atoms with Crippen molar-refractivity contribution in [3.05, 3.63) is 187 Å². The third-order valence-electron chi connectivity index (χ3n) is 10.2. The van der Waals surface area contributed by atoms with Crippen molar-refractivity contribution in [1.82, 2.24) is 0 Å². The van der Waals surface area contributed by atoms with E-state index in [0.29, 0.717) is 0 Å². The predicted molar refractivity (Wildman–Crippen MR) is 205 cm³/mol. The van der Waals surface area contributed by atoms with Crippen LogP contribution in [0.2, 0.25) is 0 Å². The summed E-state index contributed by atoms with van der Waals surface area (Å²) in [4.78, 5) is 2.46. The van der Waals surface area contributed by atoms with Crippen molar-refractivity contribution in [2.24, 2.45) is 0 Å². The monoisotopic (exact) mass is 613 g/mol. The van der Waals surface area contributed by atoms with E-state index >= 15 is 0 Å². The number of benzene rings is 8. The summed E-state index contributed by atoms with van der Waals surface area (Å²) in [5.41, 5.74) is 13.7. The zero-order chi connectivity index (χ0) is 32.2. The van der Waals surface area contributed by atoms with E-state index in [4.69, 9.17) is 0 Å². The van der Waals surface area contributed by atoms with Crippen molar-refractivity contribution in [2.45, 2.75) is 19.3 Å². The zero-order valence-electron chi connectivity index (χ0n) is 27.2. The Balaban J connectivity index is 1.26. The lowest BCUT2D eigenvalue weighted by Gasteiger charge is -2.29. The summed E-state index contributed by atoms with van der Waals surface area (Å²) in [5.74, 6) is 0. The maximum Gasteiger partial charge on any atom is 0.0546 e. The van der Waals surface area contributed by atoms with Crippen LogP contribution >= 0.6 is 0 Å². The Morgan fingerprint density at radius 1 is 0.396 bits per heavy atom. The fraction of sp³-hybridized carbons (Fsp3) is 0.0638. The molecule has 9 rings (SSSR count). The minimum Gasteiger partial charge on any atom is -0.310 e. The van der Waals surface area contributed by atoms with Crippen LogP contribution in [0.1, 0.15) is 25.0 Å². The molecule has 8 aromatic rings. The molecule has 0 saturated carbocycles. The second-order valence-corrected chi connectivity index (χ2v) is 13.4.